The molecule has 0 saturated carbocycles. The van der Waals surface area contributed by atoms with E-state index in [2.05, 4.69) is 40.4 Å². The van der Waals surface area contributed by atoms with E-state index in [0.717, 1.165) is 75.8 Å². The second-order valence-corrected chi connectivity index (χ2v) is 8.68. The Bertz CT molecular complexity index is 592. The molecule has 146 valence electrons. The summed E-state index contributed by atoms with van der Waals surface area (Å²) in [4.78, 5) is 16.8. The third-order valence-corrected chi connectivity index (χ3v) is 5.95. The maximum absolute atomic E-state index is 12.5. The number of ether oxygens (including phenoxy) is 1. The van der Waals surface area contributed by atoms with Gasteiger partial charge in [0.15, 0.2) is 5.16 Å². The number of amides is 1. The van der Waals surface area contributed by atoms with Gasteiger partial charge in [-0.2, -0.15) is 0 Å². The van der Waals surface area contributed by atoms with Crippen LogP contribution in [0, 0.1) is 11.8 Å². The average Bonchev–Trinajstić information content (AvgIpc) is 3.03. The van der Waals surface area contributed by atoms with E-state index >= 15 is 0 Å². The molecule has 0 unspecified atom stereocenters. The highest BCUT2D eigenvalue weighted by Gasteiger charge is 2.24. The Labute approximate surface area is 160 Å². The number of hydrogen-bond acceptors (Lipinski definition) is 6. The van der Waals surface area contributed by atoms with Crippen molar-refractivity contribution in [1.29, 1.82) is 0 Å². The van der Waals surface area contributed by atoms with Crippen LogP contribution in [0.3, 0.4) is 0 Å². The molecule has 26 heavy (non-hydrogen) atoms. The van der Waals surface area contributed by atoms with Crippen LogP contribution in [-0.4, -0.2) is 70.7 Å². The molecule has 1 amide bonds. The molecule has 0 spiro atoms. The number of morpholine rings is 1. The zero-order valence-electron chi connectivity index (χ0n) is 16.2. The molecule has 0 radical (unpaired) electrons. The normalized spacial score (nSPS) is 19.4. The molecule has 2 aliphatic rings. The molecule has 0 aliphatic carbocycles. The Morgan fingerprint density at radius 2 is 1.88 bits per heavy atom. The lowest BCUT2D eigenvalue weighted by Gasteiger charge is -2.30. The number of anilines is 1. The molecule has 8 heteroatoms. The summed E-state index contributed by atoms with van der Waals surface area (Å²) in [7, 11) is 0. The van der Waals surface area contributed by atoms with Gasteiger partial charge in [-0.15, -0.1) is 10.2 Å². The lowest BCUT2D eigenvalue weighted by Crippen LogP contribution is -2.39. The minimum atomic E-state index is 0.217. The summed E-state index contributed by atoms with van der Waals surface area (Å²) in [5, 5.41) is 9.67. The lowest BCUT2D eigenvalue weighted by atomic mass is 9.99. The van der Waals surface area contributed by atoms with Crippen LogP contribution in [0.25, 0.3) is 0 Å². The first-order valence-electron chi connectivity index (χ1n) is 9.71. The quantitative estimate of drug-likeness (QED) is 0.704. The minimum absolute atomic E-state index is 0.217. The second kappa shape index (κ2) is 9.08. The summed E-state index contributed by atoms with van der Waals surface area (Å²) in [6, 6.07) is 0. The highest BCUT2D eigenvalue weighted by atomic mass is 32.2. The van der Waals surface area contributed by atoms with Crippen molar-refractivity contribution in [3.8, 4) is 0 Å². The number of carbonyl (C=O) groups excluding carboxylic acids is 1. The van der Waals surface area contributed by atoms with E-state index in [1.54, 1.807) is 0 Å². The van der Waals surface area contributed by atoms with Crippen molar-refractivity contribution in [3.05, 3.63) is 0 Å². The van der Waals surface area contributed by atoms with Crippen LogP contribution >= 0.6 is 11.8 Å². The van der Waals surface area contributed by atoms with E-state index in [1.807, 2.05) is 4.90 Å². The van der Waals surface area contributed by atoms with Gasteiger partial charge in [0.2, 0.25) is 11.9 Å². The average molecular weight is 382 g/mol. The fourth-order valence-corrected chi connectivity index (χ4v) is 4.23. The van der Waals surface area contributed by atoms with E-state index in [-0.39, 0.29) is 5.91 Å². The van der Waals surface area contributed by atoms with Gasteiger partial charge in [-0.1, -0.05) is 32.5 Å². The van der Waals surface area contributed by atoms with Crippen LogP contribution < -0.4 is 4.90 Å². The first-order chi connectivity index (χ1) is 12.5. The van der Waals surface area contributed by atoms with Gasteiger partial charge in [-0.3, -0.25) is 9.36 Å². The highest BCUT2D eigenvalue weighted by molar-refractivity contribution is 7.99. The van der Waals surface area contributed by atoms with E-state index in [4.69, 9.17) is 4.74 Å². The molecule has 0 atom stereocenters. The SMILES string of the molecule is CC(C)Cn1c(SCC(=O)N2CCC(C)CC2)nnc1N1CCOCC1. The number of nitrogens with zero attached hydrogens (tertiary/aromatic N) is 5. The van der Waals surface area contributed by atoms with Gasteiger partial charge in [-0.25, -0.2) is 0 Å². The van der Waals surface area contributed by atoms with E-state index in [9.17, 15) is 4.79 Å². The number of carbonyl (C=O) groups is 1. The molecule has 1 aromatic heterocycles. The van der Waals surface area contributed by atoms with Crippen LogP contribution in [0.4, 0.5) is 5.95 Å². The van der Waals surface area contributed by atoms with Crippen molar-refractivity contribution in [3.63, 3.8) is 0 Å². The standard InChI is InChI=1S/C18H31N5O2S/c1-14(2)12-23-17(22-8-10-25-11-9-22)19-20-18(23)26-13-16(24)21-6-4-15(3)5-7-21/h14-15H,4-13H2,1-3H3. The van der Waals surface area contributed by atoms with E-state index in [0.29, 0.717) is 11.7 Å². The van der Waals surface area contributed by atoms with Crippen molar-refractivity contribution in [1.82, 2.24) is 19.7 Å². The van der Waals surface area contributed by atoms with Gasteiger partial charge in [0.25, 0.3) is 0 Å². The Morgan fingerprint density at radius 3 is 2.54 bits per heavy atom. The van der Waals surface area contributed by atoms with Crippen molar-refractivity contribution < 1.29 is 9.53 Å². The summed E-state index contributed by atoms with van der Waals surface area (Å²) >= 11 is 1.52. The third kappa shape index (κ3) is 4.91. The van der Waals surface area contributed by atoms with Gasteiger partial charge in [-0.05, 0) is 24.7 Å². The Kier molecular flexibility index (Phi) is 6.80. The summed E-state index contributed by atoms with van der Waals surface area (Å²) in [5.41, 5.74) is 0. The molecular weight excluding hydrogens is 350 g/mol. The van der Waals surface area contributed by atoms with Gasteiger partial charge >= 0.3 is 0 Å². The monoisotopic (exact) mass is 381 g/mol. The topological polar surface area (TPSA) is 63.5 Å². The molecule has 3 rings (SSSR count). The molecule has 0 bridgehead atoms. The van der Waals surface area contributed by atoms with Gasteiger partial charge in [0.05, 0.1) is 19.0 Å². The first-order valence-corrected chi connectivity index (χ1v) is 10.7. The van der Waals surface area contributed by atoms with Crippen LogP contribution in [0.1, 0.15) is 33.6 Å². The van der Waals surface area contributed by atoms with Crippen molar-refractivity contribution in [2.24, 2.45) is 11.8 Å². The fourth-order valence-electron chi connectivity index (χ4n) is 3.39. The smallest absolute Gasteiger partial charge is 0.233 e. The summed E-state index contributed by atoms with van der Waals surface area (Å²) in [5.74, 6) is 2.78. The Morgan fingerprint density at radius 1 is 1.19 bits per heavy atom. The largest absolute Gasteiger partial charge is 0.378 e. The summed E-state index contributed by atoms with van der Waals surface area (Å²) in [6.07, 6.45) is 2.22. The molecule has 3 heterocycles. The molecular formula is C18H31N5O2S. The number of hydrogen-bond donors (Lipinski definition) is 0. The van der Waals surface area contributed by atoms with Gasteiger partial charge in [0, 0.05) is 32.7 Å². The highest BCUT2D eigenvalue weighted by Crippen LogP contribution is 2.25. The Balaban J connectivity index is 1.64. The van der Waals surface area contributed by atoms with Crippen molar-refractivity contribution in [2.75, 3.05) is 50.0 Å². The van der Waals surface area contributed by atoms with Crippen LogP contribution in [-0.2, 0) is 16.1 Å². The maximum atomic E-state index is 12.5. The van der Waals surface area contributed by atoms with E-state index in [1.165, 1.54) is 11.8 Å². The number of rotatable bonds is 6. The molecule has 7 nitrogen and oxygen atoms in total. The number of thioether (sulfide) groups is 1. The van der Waals surface area contributed by atoms with Crippen LogP contribution in [0.15, 0.2) is 5.16 Å². The van der Waals surface area contributed by atoms with E-state index < -0.39 is 0 Å². The number of piperidine rings is 1. The number of likely N-dealkylation sites (tertiary alicyclic amines) is 1. The van der Waals surface area contributed by atoms with Crippen LogP contribution in [0.5, 0.6) is 0 Å². The molecule has 2 aliphatic heterocycles. The second-order valence-electron chi connectivity index (χ2n) is 7.74. The molecule has 2 saturated heterocycles. The number of aromatic nitrogens is 3. The predicted octanol–water partition coefficient (Wildman–Crippen LogP) is 2.12. The zero-order valence-corrected chi connectivity index (χ0v) is 17.0. The maximum Gasteiger partial charge on any atom is 0.233 e. The first kappa shape index (κ1) is 19.5. The van der Waals surface area contributed by atoms with Gasteiger partial charge in [0.1, 0.15) is 0 Å². The zero-order chi connectivity index (χ0) is 18.5. The molecule has 1 aromatic rings. The molecule has 0 N–H and O–H groups in total. The summed E-state index contributed by atoms with van der Waals surface area (Å²) in [6.45, 7) is 12.4. The Hall–Kier alpha value is -1.28. The van der Waals surface area contributed by atoms with Crippen molar-refractivity contribution >= 4 is 23.6 Å². The summed E-state index contributed by atoms with van der Waals surface area (Å²) < 4.78 is 7.62. The van der Waals surface area contributed by atoms with Crippen LogP contribution in [0.2, 0.25) is 0 Å². The third-order valence-electron chi connectivity index (χ3n) is 5.00. The molecule has 2 fully saturated rings. The lowest BCUT2D eigenvalue weighted by molar-refractivity contribution is -0.129. The molecule has 0 aromatic carbocycles. The van der Waals surface area contributed by atoms with Crippen molar-refractivity contribution in [2.45, 2.75) is 45.3 Å². The predicted molar refractivity (Wildman–Crippen MR) is 104 cm³/mol. The van der Waals surface area contributed by atoms with Gasteiger partial charge < -0.3 is 14.5 Å². The minimum Gasteiger partial charge on any atom is -0.378 e. The fraction of sp³-hybridized carbons (Fsp3) is 0.833.